The highest BCUT2D eigenvalue weighted by atomic mass is 32.2. The SMILES string of the molecule is Cc1cccc(-n2nc(CC(=O)Nc3cccc(S(C)(=O)=O)c3)cc2-c2ccc3ncsc3c2)n1. The van der Waals surface area contributed by atoms with Crippen LogP contribution in [0.25, 0.3) is 27.3 Å². The van der Waals surface area contributed by atoms with Crippen molar-refractivity contribution in [2.45, 2.75) is 18.2 Å². The van der Waals surface area contributed by atoms with E-state index in [1.807, 2.05) is 48.8 Å². The maximum Gasteiger partial charge on any atom is 0.230 e. The van der Waals surface area contributed by atoms with E-state index in [1.54, 1.807) is 28.2 Å². The number of pyridine rings is 1. The Bertz CT molecular complexity index is 1670. The maximum absolute atomic E-state index is 12.8. The number of nitrogens with zero attached hydrogens (tertiary/aromatic N) is 4. The largest absolute Gasteiger partial charge is 0.326 e. The lowest BCUT2D eigenvalue weighted by molar-refractivity contribution is -0.115. The van der Waals surface area contributed by atoms with E-state index >= 15 is 0 Å². The molecule has 176 valence electrons. The number of aromatic nitrogens is 4. The molecule has 0 aliphatic carbocycles. The number of fused-ring (bicyclic) bond motifs is 1. The van der Waals surface area contributed by atoms with Crippen molar-refractivity contribution in [2.75, 3.05) is 11.6 Å². The number of hydrogen-bond donors (Lipinski definition) is 1. The molecule has 3 aromatic heterocycles. The number of anilines is 1. The van der Waals surface area contributed by atoms with Crippen molar-refractivity contribution >= 4 is 43.0 Å². The molecule has 0 spiro atoms. The van der Waals surface area contributed by atoms with Gasteiger partial charge >= 0.3 is 0 Å². The summed E-state index contributed by atoms with van der Waals surface area (Å²) in [6, 6.07) is 19.7. The Morgan fingerprint density at radius 1 is 1.06 bits per heavy atom. The first-order valence-electron chi connectivity index (χ1n) is 10.7. The van der Waals surface area contributed by atoms with Gasteiger partial charge < -0.3 is 5.32 Å². The number of sulfone groups is 1. The van der Waals surface area contributed by atoms with E-state index in [0.717, 1.165) is 33.4 Å². The molecule has 5 aromatic rings. The van der Waals surface area contributed by atoms with Crippen LogP contribution in [-0.2, 0) is 21.1 Å². The molecule has 1 N–H and O–H groups in total. The molecule has 5 rings (SSSR count). The van der Waals surface area contributed by atoms with Crippen molar-refractivity contribution in [1.82, 2.24) is 19.7 Å². The second kappa shape index (κ2) is 9.05. The molecule has 0 aliphatic heterocycles. The molecule has 8 nitrogen and oxygen atoms in total. The lowest BCUT2D eigenvalue weighted by Crippen LogP contribution is -2.15. The van der Waals surface area contributed by atoms with Gasteiger partial charge in [0.1, 0.15) is 0 Å². The number of amides is 1. The van der Waals surface area contributed by atoms with E-state index < -0.39 is 9.84 Å². The maximum atomic E-state index is 12.8. The molecule has 0 saturated heterocycles. The topological polar surface area (TPSA) is 107 Å². The zero-order valence-electron chi connectivity index (χ0n) is 19.0. The Labute approximate surface area is 206 Å². The highest BCUT2D eigenvalue weighted by Gasteiger charge is 2.17. The van der Waals surface area contributed by atoms with Gasteiger partial charge in [0.2, 0.25) is 5.91 Å². The van der Waals surface area contributed by atoms with Crippen molar-refractivity contribution < 1.29 is 13.2 Å². The molecule has 0 aliphatic rings. The van der Waals surface area contributed by atoms with Crippen LogP contribution in [0.15, 0.2) is 77.1 Å². The van der Waals surface area contributed by atoms with Crippen LogP contribution < -0.4 is 5.32 Å². The summed E-state index contributed by atoms with van der Waals surface area (Å²) < 4.78 is 26.4. The number of benzene rings is 2. The summed E-state index contributed by atoms with van der Waals surface area (Å²) in [6.45, 7) is 1.91. The lowest BCUT2D eigenvalue weighted by Gasteiger charge is -2.07. The molecule has 0 fully saturated rings. The van der Waals surface area contributed by atoms with Crippen LogP contribution in [0.2, 0.25) is 0 Å². The first-order valence-corrected chi connectivity index (χ1v) is 13.5. The first-order chi connectivity index (χ1) is 16.8. The molecule has 0 atom stereocenters. The van der Waals surface area contributed by atoms with Crippen LogP contribution in [0.3, 0.4) is 0 Å². The highest BCUT2D eigenvalue weighted by molar-refractivity contribution is 7.90. The number of hydrogen-bond acceptors (Lipinski definition) is 7. The molecule has 0 radical (unpaired) electrons. The molecule has 35 heavy (non-hydrogen) atoms. The van der Waals surface area contributed by atoms with E-state index in [2.05, 4.69) is 26.4 Å². The van der Waals surface area contributed by atoms with Crippen LogP contribution in [0, 0.1) is 6.92 Å². The third-order valence-corrected chi connectivity index (χ3v) is 7.27. The van der Waals surface area contributed by atoms with Crippen LogP contribution >= 0.6 is 11.3 Å². The minimum atomic E-state index is -3.38. The summed E-state index contributed by atoms with van der Waals surface area (Å²) in [5, 5.41) is 7.46. The molecule has 10 heteroatoms. The van der Waals surface area contributed by atoms with Crippen molar-refractivity contribution in [3.05, 3.63) is 83.6 Å². The Morgan fingerprint density at radius 3 is 2.69 bits per heavy atom. The molecule has 2 aromatic carbocycles. The van der Waals surface area contributed by atoms with Gasteiger partial charge in [0.25, 0.3) is 0 Å². The van der Waals surface area contributed by atoms with Crippen molar-refractivity contribution in [2.24, 2.45) is 0 Å². The van der Waals surface area contributed by atoms with Gasteiger partial charge in [-0.25, -0.2) is 23.1 Å². The van der Waals surface area contributed by atoms with Crippen LogP contribution in [0.5, 0.6) is 0 Å². The summed E-state index contributed by atoms with van der Waals surface area (Å²) in [4.78, 5) is 21.9. The van der Waals surface area contributed by atoms with Gasteiger partial charge in [0.05, 0.1) is 38.4 Å². The van der Waals surface area contributed by atoms with Crippen LogP contribution in [0.1, 0.15) is 11.4 Å². The quantitative estimate of drug-likeness (QED) is 0.367. The zero-order chi connectivity index (χ0) is 24.6. The second-order valence-electron chi connectivity index (χ2n) is 8.13. The molecular formula is C25H21N5O3S2. The molecule has 1 amide bonds. The van der Waals surface area contributed by atoms with Crippen molar-refractivity contribution in [3.8, 4) is 17.1 Å². The fraction of sp³-hybridized carbons (Fsp3) is 0.120. The Balaban J connectivity index is 1.48. The van der Waals surface area contributed by atoms with Crippen molar-refractivity contribution in [3.63, 3.8) is 0 Å². The minimum absolute atomic E-state index is 0.0116. The normalized spacial score (nSPS) is 11.6. The van der Waals surface area contributed by atoms with Gasteiger partial charge in [0.15, 0.2) is 15.7 Å². The number of nitrogens with one attached hydrogen (secondary N) is 1. The number of aryl methyl sites for hydroxylation is 1. The third-order valence-electron chi connectivity index (χ3n) is 5.37. The fourth-order valence-electron chi connectivity index (χ4n) is 3.73. The number of rotatable bonds is 6. The molecule has 3 heterocycles. The third kappa shape index (κ3) is 4.98. The zero-order valence-corrected chi connectivity index (χ0v) is 20.6. The van der Waals surface area contributed by atoms with Gasteiger partial charge in [0, 0.05) is 23.2 Å². The van der Waals surface area contributed by atoms with Gasteiger partial charge in [-0.2, -0.15) is 5.10 Å². The van der Waals surface area contributed by atoms with Gasteiger partial charge in [-0.15, -0.1) is 11.3 Å². The summed E-state index contributed by atoms with van der Waals surface area (Å²) in [6.07, 6.45) is 1.14. The first kappa shape index (κ1) is 22.9. The second-order valence-corrected chi connectivity index (χ2v) is 11.0. The Hall–Kier alpha value is -3.89. The molecular weight excluding hydrogens is 482 g/mol. The van der Waals surface area contributed by atoms with Crippen LogP contribution in [0.4, 0.5) is 5.69 Å². The summed E-state index contributed by atoms with van der Waals surface area (Å²) in [5.74, 6) is 0.346. The summed E-state index contributed by atoms with van der Waals surface area (Å²) >= 11 is 1.56. The summed E-state index contributed by atoms with van der Waals surface area (Å²) in [5.41, 5.74) is 6.30. The number of carbonyl (C=O) groups excluding carboxylic acids is 1. The van der Waals surface area contributed by atoms with Gasteiger partial charge in [-0.3, -0.25) is 4.79 Å². The number of carbonyl (C=O) groups is 1. The van der Waals surface area contributed by atoms with Crippen LogP contribution in [-0.4, -0.2) is 40.3 Å². The number of thiazole rings is 1. The summed E-state index contributed by atoms with van der Waals surface area (Å²) in [7, 11) is -3.38. The monoisotopic (exact) mass is 503 g/mol. The van der Waals surface area contributed by atoms with Gasteiger partial charge in [-0.1, -0.05) is 18.2 Å². The molecule has 0 bridgehead atoms. The van der Waals surface area contributed by atoms with E-state index in [1.165, 1.54) is 12.1 Å². The Kier molecular flexibility index (Phi) is 5.91. The predicted octanol–water partition coefficient (Wildman–Crippen LogP) is 4.44. The Morgan fingerprint density at radius 2 is 1.89 bits per heavy atom. The van der Waals surface area contributed by atoms with E-state index in [9.17, 15) is 13.2 Å². The van der Waals surface area contributed by atoms with E-state index in [4.69, 9.17) is 0 Å². The standard InChI is InChI=1S/C25H21N5O3S2/c1-16-5-3-8-24(27-16)30-22(17-9-10-21-23(11-17)34-15-26-21)13-19(29-30)14-25(31)28-18-6-4-7-20(12-18)35(2,32)33/h3-13,15H,14H2,1-2H3,(H,28,31). The van der Waals surface area contributed by atoms with Gasteiger partial charge in [-0.05, 0) is 55.5 Å². The van der Waals surface area contributed by atoms with Crippen molar-refractivity contribution in [1.29, 1.82) is 0 Å². The fourth-order valence-corrected chi connectivity index (χ4v) is 5.12. The predicted molar refractivity (Wildman–Crippen MR) is 137 cm³/mol. The van der Waals surface area contributed by atoms with E-state index in [0.29, 0.717) is 17.2 Å². The minimum Gasteiger partial charge on any atom is -0.326 e. The average Bonchev–Trinajstić information content (AvgIpc) is 3.45. The van der Waals surface area contributed by atoms with E-state index in [-0.39, 0.29) is 17.2 Å². The molecule has 0 saturated carbocycles. The smallest absolute Gasteiger partial charge is 0.230 e. The average molecular weight is 504 g/mol. The highest BCUT2D eigenvalue weighted by Crippen LogP contribution is 2.29. The lowest BCUT2D eigenvalue weighted by atomic mass is 10.1. The molecule has 0 unspecified atom stereocenters.